The number of hydrogen-bond acceptors (Lipinski definition) is 4. The lowest BCUT2D eigenvalue weighted by molar-refractivity contribution is 0.0205. The first kappa shape index (κ1) is 18.7. The van der Waals surface area contributed by atoms with E-state index < -0.39 is 21.6 Å². The quantitative estimate of drug-likeness (QED) is 0.776. The normalized spacial score (nSPS) is 16.9. The molecule has 0 spiro atoms. The van der Waals surface area contributed by atoms with Gasteiger partial charge < -0.3 is 9.64 Å². The third-order valence-electron chi connectivity index (χ3n) is 3.97. The molecule has 5 nitrogen and oxygen atoms in total. The van der Waals surface area contributed by atoms with Crippen LogP contribution in [0.2, 0.25) is 0 Å². The van der Waals surface area contributed by atoms with Crippen LogP contribution in [0.4, 0.5) is 8.68 Å². The van der Waals surface area contributed by atoms with Crippen LogP contribution in [0.1, 0.15) is 50.7 Å². The predicted octanol–water partition coefficient (Wildman–Crippen LogP) is 3.60. The number of carbonyl (C=O) groups is 1. The monoisotopic (exact) mass is 357 g/mol. The number of ether oxygens (including phenoxy) is 1. The minimum Gasteiger partial charge on any atom is -0.444 e. The average Bonchev–Trinajstić information content (AvgIpc) is 2.44. The fourth-order valence-corrected chi connectivity index (χ4v) is 3.58. The van der Waals surface area contributed by atoms with Crippen LogP contribution in [-0.4, -0.2) is 38.1 Å². The molecule has 0 saturated carbocycles. The van der Waals surface area contributed by atoms with Crippen molar-refractivity contribution in [3.05, 3.63) is 35.4 Å². The highest BCUT2D eigenvalue weighted by molar-refractivity contribution is 7.85. The smallest absolute Gasteiger partial charge is 0.410 e. The van der Waals surface area contributed by atoms with Crippen molar-refractivity contribution in [1.82, 2.24) is 4.90 Å². The number of amides is 1. The zero-order valence-electron chi connectivity index (χ0n) is 14.3. The molecule has 1 aliphatic rings. The largest absolute Gasteiger partial charge is 0.444 e. The van der Waals surface area contributed by atoms with Gasteiger partial charge in [-0.3, -0.25) is 0 Å². The Bertz CT molecular complexity index is 689. The molecule has 0 bridgehead atoms. The van der Waals surface area contributed by atoms with Gasteiger partial charge in [-0.15, -0.1) is 3.89 Å². The van der Waals surface area contributed by atoms with Crippen molar-refractivity contribution in [3.63, 3.8) is 0 Å². The van der Waals surface area contributed by atoms with Gasteiger partial charge in [0.25, 0.3) is 0 Å². The van der Waals surface area contributed by atoms with Gasteiger partial charge in [-0.05, 0) is 50.7 Å². The van der Waals surface area contributed by atoms with Crippen LogP contribution in [-0.2, 0) is 20.7 Å². The Morgan fingerprint density at radius 3 is 2.38 bits per heavy atom. The minimum absolute atomic E-state index is 0.113. The lowest BCUT2D eigenvalue weighted by atomic mass is 9.87. The maximum absolute atomic E-state index is 13.1. The third kappa shape index (κ3) is 5.47. The molecule has 1 saturated heterocycles. The lowest BCUT2D eigenvalue weighted by Gasteiger charge is -2.34. The van der Waals surface area contributed by atoms with Crippen LogP contribution in [0.25, 0.3) is 0 Å². The summed E-state index contributed by atoms with van der Waals surface area (Å²) in [6, 6.07) is 7.02. The zero-order valence-corrected chi connectivity index (χ0v) is 15.1. The van der Waals surface area contributed by atoms with Crippen molar-refractivity contribution in [3.8, 4) is 0 Å². The van der Waals surface area contributed by atoms with Crippen LogP contribution < -0.4 is 0 Å². The van der Waals surface area contributed by atoms with Gasteiger partial charge in [-0.2, -0.15) is 8.42 Å². The molecule has 2 rings (SSSR count). The maximum atomic E-state index is 13.1. The van der Waals surface area contributed by atoms with E-state index in [2.05, 4.69) is 0 Å². The summed E-state index contributed by atoms with van der Waals surface area (Å²) in [5.74, 6) is -0.489. The summed E-state index contributed by atoms with van der Waals surface area (Å²) >= 11 is 0. The van der Waals surface area contributed by atoms with Crippen molar-refractivity contribution in [1.29, 1.82) is 0 Å². The van der Waals surface area contributed by atoms with Crippen molar-refractivity contribution in [2.75, 3.05) is 13.1 Å². The number of benzene rings is 1. The van der Waals surface area contributed by atoms with E-state index in [4.69, 9.17) is 4.74 Å². The summed E-state index contributed by atoms with van der Waals surface area (Å²) in [7, 11) is -4.57. The predicted molar refractivity (Wildman–Crippen MR) is 90.0 cm³/mol. The number of likely N-dealkylation sites (tertiary alicyclic amines) is 1. The summed E-state index contributed by atoms with van der Waals surface area (Å²) < 4.78 is 40.4. The van der Waals surface area contributed by atoms with E-state index in [0.717, 1.165) is 5.56 Å². The van der Waals surface area contributed by atoms with E-state index in [9.17, 15) is 17.1 Å². The standard InChI is InChI=1S/C17H24FNO4S/c1-17(2,3)23-16(20)19-10-8-13(9-11-19)15-7-5-4-6-14(15)12-24(18,21)22/h4-7,13H,8-12H2,1-3H3. The van der Waals surface area contributed by atoms with Crippen molar-refractivity contribution in [2.45, 2.75) is 50.9 Å². The van der Waals surface area contributed by atoms with Gasteiger partial charge in [0.05, 0.1) is 0 Å². The fourth-order valence-electron chi connectivity index (χ4n) is 2.95. The number of carbonyl (C=O) groups excluding carboxylic acids is 1. The second-order valence-corrected chi connectivity index (χ2v) is 8.49. The molecule has 1 aromatic rings. The number of nitrogens with zero attached hydrogens (tertiary/aromatic N) is 1. The van der Waals surface area contributed by atoms with Gasteiger partial charge in [-0.25, -0.2) is 4.79 Å². The molecule has 0 aliphatic carbocycles. The molecule has 1 amide bonds. The summed E-state index contributed by atoms with van der Waals surface area (Å²) in [6.45, 7) is 6.55. The molecule has 1 aromatic carbocycles. The van der Waals surface area contributed by atoms with Crippen molar-refractivity contribution < 1.29 is 21.8 Å². The van der Waals surface area contributed by atoms with Gasteiger partial charge in [0.15, 0.2) is 0 Å². The van der Waals surface area contributed by atoms with E-state index in [0.29, 0.717) is 31.5 Å². The fraction of sp³-hybridized carbons (Fsp3) is 0.588. The SMILES string of the molecule is CC(C)(C)OC(=O)N1CCC(c2ccccc2CS(=O)(=O)F)CC1. The Balaban J connectivity index is 2.04. The van der Waals surface area contributed by atoms with E-state index in [-0.39, 0.29) is 12.0 Å². The summed E-state index contributed by atoms with van der Waals surface area (Å²) in [6.07, 6.45) is 1.06. The first-order chi connectivity index (χ1) is 11.1. The van der Waals surface area contributed by atoms with Gasteiger partial charge in [0.2, 0.25) is 0 Å². The third-order valence-corrected chi connectivity index (χ3v) is 4.63. The molecule has 0 aromatic heterocycles. The van der Waals surface area contributed by atoms with E-state index in [1.807, 2.05) is 32.9 Å². The molecular weight excluding hydrogens is 333 g/mol. The number of piperidine rings is 1. The molecule has 1 fully saturated rings. The Morgan fingerprint density at radius 1 is 1.25 bits per heavy atom. The number of hydrogen-bond donors (Lipinski definition) is 0. The number of rotatable bonds is 3. The molecule has 0 unspecified atom stereocenters. The first-order valence-corrected chi connectivity index (χ1v) is 9.58. The van der Waals surface area contributed by atoms with E-state index >= 15 is 0 Å². The Hall–Kier alpha value is -1.63. The lowest BCUT2D eigenvalue weighted by Crippen LogP contribution is -2.41. The maximum Gasteiger partial charge on any atom is 0.410 e. The summed E-state index contributed by atoms with van der Waals surface area (Å²) in [5.41, 5.74) is 0.814. The van der Waals surface area contributed by atoms with Crippen LogP contribution >= 0.6 is 0 Å². The Labute approximate surface area is 143 Å². The van der Waals surface area contributed by atoms with Gasteiger partial charge in [-0.1, -0.05) is 24.3 Å². The van der Waals surface area contributed by atoms with Crippen molar-refractivity contribution >= 4 is 16.3 Å². The number of halogens is 1. The van der Waals surface area contributed by atoms with Gasteiger partial charge in [0, 0.05) is 13.1 Å². The van der Waals surface area contributed by atoms with E-state index in [1.54, 1.807) is 17.0 Å². The molecule has 0 N–H and O–H groups in total. The van der Waals surface area contributed by atoms with E-state index in [1.165, 1.54) is 0 Å². The highest BCUT2D eigenvalue weighted by Gasteiger charge is 2.28. The Kier molecular flexibility index (Phi) is 5.52. The molecule has 134 valence electrons. The molecule has 0 atom stereocenters. The average molecular weight is 357 g/mol. The van der Waals surface area contributed by atoms with Crippen LogP contribution in [0.15, 0.2) is 24.3 Å². The van der Waals surface area contributed by atoms with Crippen LogP contribution in [0, 0.1) is 0 Å². The molecule has 1 aliphatic heterocycles. The minimum atomic E-state index is -4.57. The van der Waals surface area contributed by atoms with Crippen molar-refractivity contribution in [2.24, 2.45) is 0 Å². The summed E-state index contributed by atoms with van der Waals surface area (Å²) in [4.78, 5) is 13.7. The molecule has 7 heteroatoms. The second-order valence-electron chi connectivity index (χ2n) is 7.12. The molecule has 1 heterocycles. The highest BCUT2D eigenvalue weighted by atomic mass is 32.3. The van der Waals surface area contributed by atoms with Gasteiger partial charge in [0.1, 0.15) is 11.4 Å². The van der Waals surface area contributed by atoms with Crippen LogP contribution in [0.3, 0.4) is 0 Å². The molecule has 0 radical (unpaired) electrons. The zero-order chi connectivity index (χ0) is 18.0. The van der Waals surface area contributed by atoms with Gasteiger partial charge >= 0.3 is 16.3 Å². The second kappa shape index (κ2) is 7.09. The molecular formula is C17H24FNO4S. The summed E-state index contributed by atoms with van der Waals surface area (Å²) in [5, 5.41) is 0. The highest BCUT2D eigenvalue weighted by Crippen LogP contribution is 2.31. The Morgan fingerprint density at radius 2 is 1.83 bits per heavy atom. The first-order valence-electron chi connectivity index (χ1n) is 8.03. The molecule has 24 heavy (non-hydrogen) atoms. The topological polar surface area (TPSA) is 63.7 Å². The van der Waals surface area contributed by atoms with Crippen LogP contribution in [0.5, 0.6) is 0 Å².